The molecular weight excluding hydrogens is 338 g/mol. The number of imidazole rings is 1. The van der Waals surface area contributed by atoms with E-state index < -0.39 is 0 Å². The molecule has 26 heavy (non-hydrogen) atoms. The van der Waals surface area contributed by atoms with Crippen LogP contribution in [0.4, 0.5) is 5.95 Å². The van der Waals surface area contributed by atoms with Gasteiger partial charge in [-0.1, -0.05) is 0 Å². The van der Waals surface area contributed by atoms with E-state index in [9.17, 15) is 9.90 Å². The highest BCUT2D eigenvalue weighted by Crippen LogP contribution is 2.32. The Morgan fingerprint density at radius 2 is 2.12 bits per heavy atom. The minimum atomic E-state index is -0.219. The number of aromatic nitrogens is 6. The van der Waals surface area contributed by atoms with Crippen molar-refractivity contribution < 1.29 is 9.52 Å². The average molecular weight is 355 g/mol. The fraction of sp³-hybridized carbons (Fsp3) is 0.375. The molecule has 1 saturated carbocycles. The molecule has 134 valence electrons. The third-order valence-corrected chi connectivity index (χ3v) is 4.66. The average Bonchev–Trinajstić information content (AvgIpc) is 3.04. The van der Waals surface area contributed by atoms with Gasteiger partial charge < -0.3 is 15.3 Å². The smallest absolute Gasteiger partial charge is 0.330 e. The van der Waals surface area contributed by atoms with Crippen LogP contribution < -0.4 is 11.4 Å². The van der Waals surface area contributed by atoms with Crippen molar-refractivity contribution in [2.24, 2.45) is 5.92 Å². The number of nitrogens with zero attached hydrogens (tertiary/aromatic N) is 6. The molecule has 10 heteroatoms. The van der Waals surface area contributed by atoms with E-state index in [1.807, 2.05) is 0 Å². The van der Waals surface area contributed by atoms with Gasteiger partial charge in [0.05, 0.1) is 19.4 Å². The van der Waals surface area contributed by atoms with Crippen LogP contribution in [0.15, 0.2) is 27.6 Å². The molecule has 0 unspecified atom stereocenters. The summed E-state index contributed by atoms with van der Waals surface area (Å²) in [5.74, 6) is 1.47. The first-order valence-corrected chi connectivity index (χ1v) is 8.47. The standard InChI is InChI=1S/C16H17N7O3/c17-15-19-13-11(14-18-12(20-23(14)15)10-2-1-7-26-10)22(8-9-3-4-9)16(25)21(13)5-6-24/h1-2,7,9,24H,3-6,8H2,(H2,17,19). The summed E-state index contributed by atoms with van der Waals surface area (Å²) < 4.78 is 9.90. The Morgan fingerprint density at radius 3 is 2.81 bits per heavy atom. The predicted octanol–water partition coefficient (Wildman–Crippen LogP) is 0.485. The van der Waals surface area contributed by atoms with Gasteiger partial charge in [0.2, 0.25) is 11.8 Å². The van der Waals surface area contributed by atoms with Crippen LogP contribution in [0.3, 0.4) is 0 Å². The van der Waals surface area contributed by atoms with Crippen molar-refractivity contribution >= 4 is 22.8 Å². The zero-order valence-electron chi connectivity index (χ0n) is 13.9. The van der Waals surface area contributed by atoms with Gasteiger partial charge in [0.1, 0.15) is 5.52 Å². The minimum absolute atomic E-state index is 0.119. The van der Waals surface area contributed by atoms with Gasteiger partial charge in [-0.25, -0.2) is 9.78 Å². The summed E-state index contributed by atoms with van der Waals surface area (Å²) in [5.41, 5.74) is 7.28. The molecule has 1 aliphatic rings. The van der Waals surface area contributed by atoms with Gasteiger partial charge in [-0.05, 0) is 30.9 Å². The zero-order valence-corrected chi connectivity index (χ0v) is 13.9. The summed E-state index contributed by atoms with van der Waals surface area (Å²) in [5, 5.41) is 13.7. The topological polar surface area (TPSA) is 129 Å². The highest BCUT2D eigenvalue weighted by molar-refractivity contribution is 5.88. The quantitative estimate of drug-likeness (QED) is 0.533. The number of fused-ring (bicyclic) bond motifs is 3. The Morgan fingerprint density at radius 1 is 1.27 bits per heavy atom. The van der Waals surface area contributed by atoms with E-state index in [4.69, 9.17) is 10.2 Å². The molecule has 0 bridgehead atoms. The molecule has 5 rings (SSSR count). The summed E-state index contributed by atoms with van der Waals surface area (Å²) in [6.45, 7) is 0.576. The lowest BCUT2D eigenvalue weighted by Gasteiger charge is -2.03. The molecule has 0 radical (unpaired) electrons. The summed E-state index contributed by atoms with van der Waals surface area (Å²) >= 11 is 0. The molecule has 4 heterocycles. The maximum absolute atomic E-state index is 12.9. The van der Waals surface area contributed by atoms with Crippen molar-refractivity contribution in [3.05, 3.63) is 28.9 Å². The van der Waals surface area contributed by atoms with Crippen molar-refractivity contribution in [1.29, 1.82) is 0 Å². The second kappa shape index (κ2) is 5.43. The number of furan rings is 1. The van der Waals surface area contributed by atoms with Crippen LogP contribution in [0.2, 0.25) is 0 Å². The van der Waals surface area contributed by atoms with Crippen molar-refractivity contribution in [2.45, 2.75) is 25.9 Å². The van der Waals surface area contributed by atoms with E-state index in [-0.39, 0.29) is 24.8 Å². The van der Waals surface area contributed by atoms with E-state index in [1.54, 1.807) is 23.0 Å². The van der Waals surface area contributed by atoms with E-state index in [2.05, 4.69) is 15.1 Å². The highest BCUT2D eigenvalue weighted by atomic mass is 16.3. The molecule has 0 spiro atoms. The van der Waals surface area contributed by atoms with E-state index in [1.165, 1.54) is 9.08 Å². The number of hydrogen-bond donors (Lipinski definition) is 2. The summed E-state index contributed by atoms with van der Waals surface area (Å²) in [7, 11) is 0. The van der Waals surface area contributed by atoms with Crippen molar-refractivity contribution in [3.8, 4) is 11.6 Å². The third kappa shape index (κ3) is 2.15. The van der Waals surface area contributed by atoms with Crippen LogP contribution in [-0.4, -0.2) is 40.4 Å². The number of anilines is 1. The second-order valence-corrected chi connectivity index (χ2v) is 6.50. The van der Waals surface area contributed by atoms with Crippen LogP contribution in [0, 0.1) is 5.92 Å². The largest absolute Gasteiger partial charge is 0.461 e. The Balaban J connectivity index is 1.85. The molecule has 0 saturated heterocycles. The summed E-state index contributed by atoms with van der Waals surface area (Å²) in [6, 6.07) is 3.50. The number of nitrogen functional groups attached to an aromatic ring is 1. The van der Waals surface area contributed by atoms with Crippen LogP contribution in [0.5, 0.6) is 0 Å². The molecular formula is C16H17N7O3. The minimum Gasteiger partial charge on any atom is -0.461 e. The normalized spacial score (nSPS) is 14.7. The highest BCUT2D eigenvalue weighted by Gasteiger charge is 2.27. The Kier molecular flexibility index (Phi) is 3.16. The van der Waals surface area contributed by atoms with Crippen LogP contribution >= 0.6 is 0 Å². The predicted molar refractivity (Wildman–Crippen MR) is 92.5 cm³/mol. The first-order valence-electron chi connectivity index (χ1n) is 8.47. The lowest BCUT2D eigenvalue weighted by molar-refractivity contribution is 0.275. The third-order valence-electron chi connectivity index (χ3n) is 4.66. The number of aliphatic hydroxyl groups is 1. The number of rotatable bonds is 5. The first kappa shape index (κ1) is 15.1. The Hall–Kier alpha value is -3.14. The zero-order chi connectivity index (χ0) is 17.8. The molecule has 1 fully saturated rings. The lowest BCUT2D eigenvalue weighted by Crippen LogP contribution is -2.26. The van der Waals surface area contributed by atoms with Gasteiger partial charge in [-0.2, -0.15) is 9.50 Å². The molecule has 0 aliphatic heterocycles. The molecule has 10 nitrogen and oxygen atoms in total. The van der Waals surface area contributed by atoms with Gasteiger partial charge in [0.25, 0.3) is 0 Å². The van der Waals surface area contributed by atoms with Crippen LogP contribution in [-0.2, 0) is 13.1 Å². The number of hydrogen-bond acceptors (Lipinski definition) is 7. The van der Waals surface area contributed by atoms with Gasteiger partial charge in [-0.3, -0.25) is 9.13 Å². The van der Waals surface area contributed by atoms with E-state index >= 15 is 0 Å². The molecule has 0 amide bonds. The van der Waals surface area contributed by atoms with Crippen molar-refractivity contribution in [1.82, 2.24) is 28.7 Å². The van der Waals surface area contributed by atoms with Crippen molar-refractivity contribution in [3.63, 3.8) is 0 Å². The molecule has 0 atom stereocenters. The number of aliphatic hydroxyl groups excluding tert-OH is 1. The molecule has 4 aromatic rings. The summed E-state index contributed by atoms with van der Waals surface area (Å²) in [4.78, 5) is 21.8. The number of nitrogens with two attached hydrogens (primary N) is 1. The maximum atomic E-state index is 12.9. The van der Waals surface area contributed by atoms with Crippen LogP contribution in [0.1, 0.15) is 12.8 Å². The molecule has 0 aromatic carbocycles. The van der Waals surface area contributed by atoms with Gasteiger partial charge in [-0.15, -0.1) is 5.10 Å². The molecule has 4 aromatic heterocycles. The molecule has 3 N–H and O–H groups in total. The first-order chi connectivity index (χ1) is 12.7. The maximum Gasteiger partial charge on any atom is 0.330 e. The van der Waals surface area contributed by atoms with E-state index in [0.717, 1.165) is 12.8 Å². The van der Waals surface area contributed by atoms with Crippen LogP contribution in [0.25, 0.3) is 28.4 Å². The lowest BCUT2D eigenvalue weighted by atomic mass is 10.4. The van der Waals surface area contributed by atoms with Gasteiger partial charge in [0.15, 0.2) is 17.1 Å². The summed E-state index contributed by atoms with van der Waals surface area (Å²) in [6.07, 6.45) is 3.74. The Labute approximate surface area is 146 Å². The monoisotopic (exact) mass is 355 g/mol. The van der Waals surface area contributed by atoms with Gasteiger partial charge >= 0.3 is 5.69 Å². The Bertz CT molecular complexity index is 1160. The fourth-order valence-corrected chi connectivity index (χ4v) is 3.24. The molecule has 1 aliphatic carbocycles. The van der Waals surface area contributed by atoms with Gasteiger partial charge in [0, 0.05) is 6.54 Å². The second-order valence-electron chi connectivity index (χ2n) is 6.50. The van der Waals surface area contributed by atoms with Crippen molar-refractivity contribution in [2.75, 3.05) is 12.3 Å². The van der Waals surface area contributed by atoms with E-state index in [0.29, 0.717) is 40.9 Å². The fourth-order valence-electron chi connectivity index (χ4n) is 3.24. The SMILES string of the molecule is Nc1nc2c(c3nc(-c4ccco4)nn13)n(CC1CC1)c(=O)n2CCO.